The number of hydrogen-bond donors (Lipinski definition) is 1. The quantitative estimate of drug-likeness (QED) is 0.0681. The van der Waals surface area contributed by atoms with Gasteiger partial charge < -0.3 is 14.8 Å². The van der Waals surface area contributed by atoms with Gasteiger partial charge in [-0.05, 0) is 44.9 Å². The Morgan fingerprint density at radius 2 is 1.07 bits per heavy atom. The first-order valence-corrected chi connectivity index (χ1v) is 16.7. The van der Waals surface area contributed by atoms with Crippen LogP contribution in [0, 0.1) is 5.41 Å². The van der Waals surface area contributed by atoms with Crippen molar-refractivity contribution in [2.45, 2.75) is 131 Å². The minimum Gasteiger partial charge on any atom is -0.465 e. The number of carbonyl (C=O) groups excluding carboxylic acids is 2. The molecule has 0 bridgehead atoms. The van der Waals surface area contributed by atoms with Gasteiger partial charge in [0, 0.05) is 19.1 Å². The van der Waals surface area contributed by atoms with Crippen molar-refractivity contribution in [1.29, 1.82) is 0 Å². The van der Waals surface area contributed by atoms with Gasteiger partial charge in [0.05, 0.1) is 13.0 Å². The van der Waals surface area contributed by atoms with Gasteiger partial charge in [-0.1, -0.05) is 147 Å². The Morgan fingerprint density at radius 1 is 0.651 bits per heavy atom. The van der Waals surface area contributed by atoms with Crippen molar-refractivity contribution in [3.05, 3.63) is 72.9 Å². The third-order valence-corrected chi connectivity index (χ3v) is 6.46. The van der Waals surface area contributed by atoms with Crippen LogP contribution in [-0.2, 0) is 19.1 Å². The smallest absolute Gasteiger partial charge is 0.309 e. The fourth-order valence-corrected chi connectivity index (χ4v) is 3.86. The summed E-state index contributed by atoms with van der Waals surface area (Å²) in [5, 5.41) is 2.88. The van der Waals surface area contributed by atoms with Crippen LogP contribution < -0.4 is 5.32 Å². The summed E-state index contributed by atoms with van der Waals surface area (Å²) in [6.07, 6.45) is 38.2. The molecular weight excluding hydrogens is 534 g/mol. The lowest BCUT2D eigenvalue weighted by Crippen LogP contribution is -2.47. The van der Waals surface area contributed by atoms with Gasteiger partial charge in [-0.15, -0.1) is 0 Å². The van der Waals surface area contributed by atoms with Crippen molar-refractivity contribution < 1.29 is 19.1 Å². The fraction of sp³-hybridized carbons (Fsp3) is 0.632. The standard InChI is InChI=1S/C32H51NO4.C6H14/c1-6-8-10-11-12-13-14-15-16-17-18-19-20-21-22-23-24-25-26-29(34)37-28-32(3,4)30(36-5)31(35)33-27-9-7-2;1-3-5-6-4-2/h8,10,12-13,15-16,18-19,21-22,24-25,30H,6-7,9,11,14,17,20,23,26-28H2,1-5H3,(H,33,35);3-6H2,1-2H3/b10-8-,13-12-,16-15-,19-18-,22-21-,25-24-;/t30-;/m0./s1. The van der Waals surface area contributed by atoms with Gasteiger partial charge in [0.25, 0.3) is 0 Å². The predicted octanol–water partition coefficient (Wildman–Crippen LogP) is 10.2. The van der Waals surface area contributed by atoms with Crippen molar-refractivity contribution in [3.8, 4) is 0 Å². The number of unbranched alkanes of at least 4 members (excludes halogenated alkanes) is 4. The van der Waals surface area contributed by atoms with E-state index in [4.69, 9.17) is 9.47 Å². The van der Waals surface area contributed by atoms with Gasteiger partial charge in [-0.3, -0.25) is 9.59 Å². The molecule has 0 aromatic heterocycles. The molecule has 5 nitrogen and oxygen atoms in total. The van der Waals surface area contributed by atoms with E-state index in [0.717, 1.165) is 51.4 Å². The largest absolute Gasteiger partial charge is 0.465 e. The lowest BCUT2D eigenvalue weighted by atomic mass is 9.86. The molecule has 0 rings (SSSR count). The number of carbonyl (C=O) groups is 2. The maximum absolute atomic E-state index is 12.4. The summed E-state index contributed by atoms with van der Waals surface area (Å²) in [5.41, 5.74) is -0.626. The van der Waals surface area contributed by atoms with Gasteiger partial charge in [-0.2, -0.15) is 0 Å². The van der Waals surface area contributed by atoms with E-state index in [9.17, 15) is 9.59 Å². The minimum absolute atomic E-state index is 0.119. The molecule has 0 aliphatic heterocycles. The van der Waals surface area contributed by atoms with E-state index in [0.29, 0.717) is 6.54 Å². The third-order valence-electron chi connectivity index (χ3n) is 6.46. The van der Waals surface area contributed by atoms with Gasteiger partial charge in [0.15, 0.2) is 0 Å². The second-order valence-electron chi connectivity index (χ2n) is 11.2. The zero-order chi connectivity index (χ0) is 32.4. The molecule has 0 aliphatic carbocycles. The topological polar surface area (TPSA) is 64.6 Å². The van der Waals surface area contributed by atoms with Crippen LogP contribution in [0.15, 0.2) is 72.9 Å². The number of ether oxygens (including phenoxy) is 2. The average molecular weight is 600 g/mol. The van der Waals surface area contributed by atoms with E-state index in [1.807, 2.05) is 26.0 Å². The lowest BCUT2D eigenvalue weighted by Gasteiger charge is -2.31. The first-order chi connectivity index (χ1) is 20.8. The van der Waals surface area contributed by atoms with Crippen LogP contribution in [0.3, 0.4) is 0 Å². The van der Waals surface area contributed by atoms with E-state index in [2.05, 4.69) is 93.8 Å². The molecule has 0 radical (unpaired) electrons. The normalized spacial score (nSPS) is 13.1. The van der Waals surface area contributed by atoms with Crippen molar-refractivity contribution >= 4 is 11.9 Å². The lowest BCUT2D eigenvalue weighted by molar-refractivity contribution is -0.154. The van der Waals surface area contributed by atoms with Crippen LogP contribution in [0.2, 0.25) is 0 Å². The van der Waals surface area contributed by atoms with E-state index in [1.54, 1.807) is 0 Å². The van der Waals surface area contributed by atoms with Crippen LogP contribution in [-0.4, -0.2) is 38.2 Å². The Bertz CT molecular complexity index is 829. The van der Waals surface area contributed by atoms with Gasteiger partial charge in [0.2, 0.25) is 5.91 Å². The first kappa shape index (κ1) is 42.5. The molecule has 0 fully saturated rings. The third kappa shape index (κ3) is 29.2. The molecule has 0 saturated carbocycles. The monoisotopic (exact) mass is 599 g/mol. The summed E-state index contributed by atoms with van der Waals surface area (Å²) in [7, 11) is 1.50. The van der Waals surface area contributed by atoms with E-state index < -0.39 is 11.5 Å². The number of amides is 1. The molecule has 0 spiro atoms. The molecule has 0 aromatic carbocycles. The van der Waals surface area contributed by atoms with Crippen molar-refractivity contribution in [3.63, 3.8) is 0 Å². The summed E-state index contributed by atoms with van der Waals surface area (Å²) in [5.74, 6) is -0.483. The molecule has 0 saturated heterocycles. The zero-order valence-corrected chi connectivity index (χ0v) is 28.7. The van der Waals surface area contributed by atoms with Crippen LogP contribution in [0.4, 0.5) is 0 Å². The van der Waals surface area contributed by atoms with Crippen LogP contribution in [0.5, 0.6) is 0 Å². The summed E-state index contributed by atoms with van der Waals surface area (Å²) in [6.45, 7) is 13.2. The van der Waals surface area contributed by atoms with Gasteiger partial charge in [0.1, 0.15) is 6.10 Å². The minimum atomic E-state index is -0.678. The maximum Gasteiger partial charge on any atom is 0.309 e. The number of allylic oxidation sites excluding steroid dienone is 11. The Morgan fingerprint density at radius 3 is 1.47 bits per heavy atom. The highest BCUT2D eigenvalue weighted by Gasteiger charge is 2.36. The molecule has 1 amide bonds. The van der Waals surface area contributed by atoms with E-state index in [1.165, 1.54) is 32.8 Å². The Kier molecular flexibility index (Phi) is 31.9. The van der Waals surface area contributed by atoms with Crippen LogP contribution >= 0.6 is 0 Å². The maximum atomic E-state index is 12.4. The van der Waals surface area contributed by atoms with E-state index >= 15 is 0 Å². The highest BCUT2D eigenvalue weighted by atomic mass is 16.5. The second kappa shape index (κ2) is 32.3. The predicted molar refractivity (Wildman–Crippen MR) is 186 cm³/mol. The molecular formula is C38H65NO4. The van der Waals surface area contributed by atoms with E-state index in [-0.39, 0.29) is 24.9 Å². The number of hydrogen-bond acceptors (Lipinski definition) is 4. The Balaban J connectivity index is 0. The SMILES string of the molecule is CC/C=C\C/C=C\C/C=C\C/C=C\C/C=C\C/C=C\CC(=O)OCC(C)(C)[C@@H](OC)C(=O)NCCCC.CCCCCC. The molecule has 246 valence electrons. The molecule has 1 atom stereocenters. The highest BCUT2D eigenvalue weighted by Crippen LogP contribution is 2.24. The van der Waals surface area contributed by atoms with Crippen molar-refractivity contribution in [1.82, 2.24) is 5.32 Å². The number of nitrogens with one attached hydrogen (secondary N) is 1. The Labute approximate surface area is 265 Å². The molecule has 1 N–H and O–H groups in total. The van der Waals surface area contributed by atoms with Gasteiger partial charge >= 0.3 is 5.97 Å². The average Bonchev–Trinajstić information content (AvgIpc) is 2.99. The number of rotatable bonds is 24. The summed E-state index contributed by atoms with van der Waals surface area (Å²) in [6, 6.07) is 0. The highest BCUT2D eigenvalue weighted by molar-refractivity contribution is 5.81. The summed E-state index contributed by atoms with van der Waals surface area (Å²) < 4.78 is 10.8. The van der Waals surface area contributed by atoms with Gasteiger partial charge in [-0.25, -0.2) is 0 Å². The number of methoxy groups -OCH3 is 1. The number of esters is 1. The molecule has 0 heterocycles. The van der Waals surface area contributed by atoms with Crippen molar-refractivity contribution in [2.75, 3.05) is 20.3 Å². The molecule has 5 heteroatoms. The van der Waals surface area contributed by atoms with Crippen LogP contribution in [0.25, 0.3) is 0 Å². The first-order valence-electron chi connectivity index (χ1n) is 16.7. The Hall–Kier alpha value is -2.66. The van der Waals surface area contributed by atoms with Crippen LogP contribution in [0.1, 0.15) is 125 Å². The fourth-order valence-electron chi connectivity index (χ4n) is 3.86. The second-order valence-corrected chi connectivity index (χ2v) is 11.2. The molecule has 43 heavy (non-hydrogen) atoms. The van der Waals surface area contributed by atoms with Crippen molar-refractivity contribution in [2.24, 2.45) is 5.41 Å². The zero-order valence-electron chi connectivity index (χ0n) is 28.7. The molecule has 0 unspecified atom stereocenters. The molecule has 0 aliphatic rings. The summed E-state index contributed by atoms with van der Waals surface area (Å²) >= 11 is 0. The summed E-state index contributed by atoms with van der Waals surface area (Å²) in [4.78, 5) is 24.5. The molecule has 0 aromatic rings.